The van der Waals surface area contributed by atoms with Crippen molar-refractivity contribution in [3.05, 3.63) is 0 Å². The minimum absolute atomic E-state index is 0.279. The molecule has 0 aromatic rings. The molecule has 72 valence electrons. The third kappa shape index (κ3) is 2.20. The fraction of sp³-hybridized carbons (Fsp3) is 1.00. The van der Waals surface area contributed by atoms with Crippen LogP contribution < -0.4 is 0 Å². The van der Waals surface area contributed by atoms with Crippen LogP contribution in [0, 0.1) is 5.92 Å². The second-order valence-corrected chi connectivity index (χ2v) is 4.12. The molecule has 0 aliphatic heterocycles. The van der Waals surface area contributed by atoms with Crippen LogP contribution in [-0.4, -0.2) is 23.4 Å². The van der Waals surface area contributed by atoms with Gasteiger partial charge in [-0.05, 0) is 32.6 Å². The van der Waals surface area contributed by atoms with E-state index in [1.807, 2.05) is 13.8 Å². The molecule has 1 fully saturated rings. The van der Waals surface area contributed by atoms with Crippen LogP contribution in [-0.2, 0) is 4.74 Å². The Bertz CT molecular complexity index is 143. The monoisotopic (exact) mass is 172 g/mol. The van der Waals surface area contributed by atoms with Crippen LogP contribution in [0.15, 0.2) is 0 Å². The van der Waals surface area contributed by atoms with Gasteiger partial charge >= 0.3 is 0 Å². The zero-order valence-corrected chi connectivity index (χ0v) is 8.34. The van der Waals surface area contributed by atoms with Crippen molar-refractivity contribution in [2.24, 2.45) is 5.92 Å². The Morgan fingerprint density at radius 3 is 2.67 bits per heavy atom. The van der Waals surface area contributed by atoms with Gasteiger partial charge in [0.25, 0.3) is 0 Å². The van der Waals surface area contributed by atoms with Crippen LogP contribution >= 0.6 is 0 Å². The lowest BCUT2D eigenvalue weighted by Gasteiger charge is -2.39. The maximum absolute atomic E-state index is 9.96. The van der Waals surface area contributed by atoms with Crippen LogP contribution in [0.1, 0.15) is 40.0 Å². The average molecular weight is 172 g/mol. The van der Waals surface area contributed by atoms with E-state index < -0.39 is 5.60 Å². The van der Waals surface area contributed by atoms with Crippen LogP contribution in [0.5, 0.6) is 0 Å². The number of hydrogen-bond donors (Lipinski definition) is 1. The summed E-state index contributed by atoms with van der Waals surface area (Å²) in [6.07, 6.45) is 3.26. The van der Waals surface area contributed by atoms with Gasteiger partial charge in [-0.15, -0.1) is 0 Å². The van der Waals surface area contributed by atoms with E-state index in [2.05, 4.69) is 6.92 Å². The molecule has 1 rings (SSSR count). The Hall–Kier alpha value is -0.0800. The highest BCUT2D eigenvalue weighted by Gasteiger charge is 2.36. The predicted molar refractivity (Wildman–Crippen MR) is 49.1 cm³/mol. The fourth-order valence-electron chi connectivity index (χ4n) is 1.89. The number of aliphatic hydroxyl groups is 1. The van der Waals surface area contributed by atoms with E-state index in [0.717, 1.165) is 25.9 Å². The maximum atomic E-state index is 9.96. The molecule has 0 spiro atoms. The highest BCUT2D eigenvalue weighted by molar-refractivity contribution is 4.87. The van der Waals surface area contributed by atoms with Gasteiger partial charge in [-0.1, -0.05) is 6.92 Å². The fourth-order valence-corrected chi connectivity index (χ4v) is 1.89. The maximum Gasteiger partial charge on any atom is 0.0669 e. The van der Waals surface area contributed by atoms with Crippen molar-refractivity contribution >= 4 is 0 Å². The molecule has 0 saturated heterocycles. The first-order valence-corrected chi connectivity index (χ1v) is 4.90. The normalized spacial score (nSPS) is 43.0. The number of rotatable bonds is 2. The Balaban J connectivity index is 2.45. The molecule has 0 heterocycles. The molecule has 1 aliphatic carbocycles. The van der Waals surface area contributed by atoms with Crippen LogP contribution in [0.4, 0.5) is 0 Å². The molecular weight excluding hydrogens is 152 g/mol. The zero-order chi connectivity index (χ0) is 9.19. The summed E-state index contributed by atoms with van der Waals surface area (Å²) < 4.78 is 5.51. The second kappa shape index (κ2) is 3.75. The Kier molecular flexibility index (Phi) is 3.13. The van der Waals surface area contributed by atoms with Gasteiger partial charge in [0.15, 0.2) is 0 Å². The van der Waals surface area contributed by atoms with Crippen molar-refractivity contribution in [1.29, 1.82) is 0 Å². The summed E-state index contributed by atoms with van der Waals surface area (Å²) in [4.78, 5) is 0. The average Bonchev–Trinajstić information content (AvgIpc) is 1.97. The van der Waals surface area contributed by atoms with E-state index in [1.165, 1.54) is 0 Å². The highest BCUT2D eigenvalue weighted by atomic mass is 16.5. The van der Waals surface area contributed by atoms with Crippen molar-refractivity contribution in [3.63, 3.8) is 0 Å². The van der Waals surface area contributed by atoms with Gasteiger partial charge in [0.1, 0.15) is 0 Å². The summed E-state index contributed by atoms with van der Waals surface area (Å²) >= 11 is 0. The van der Waals surface area contributed by atoms with Crippen molar-refractivity contribution in [1.82, 2.24) is 0 Å². The van der Waals surface area contributed by atoms with Crippen LogP contribution in [0.3, 0.4) is 0 Å². The van der Waals surface area contributed by atoms with Gasteiger partial charge in [0.2, 0.25) is 0 Å². The minimum Gasteiger partial charge on any atom is -0.390 e. The van der Waals surface area contributed by atoms with E-state index in [9.17, 15) is 5.11 Å². The van der Waals surface area contributed by atoms with Crippen LogP contribution in [0.2, 0.25) is 0 Å². The Labute approximate surface area is 74.9 Å². The van der Waals surface area contributed by atoms with E-state index in [0.29, 0.717) is 5.92 Å². The molecule has 2 nitrogen and oxygen atoms in total. The van der Waals surface area contributed by atoms with Gasteiger partial charge in [-0.2, -0.15) is 0 Å². The molecule has 0 amide bonds. The summed E-state index contributed by atoms with van der Waals surface area (Å²) in [7, 11) is 0. The van der Waals surface area contributed by atoms with Crippen molar-refractivity contribution in [2.75, 3.05) is 6.61 Å². The van der Waals surface area contributed by atoms with Crippen LogP contribution in [0.25, 0.3) is 0 Å². The lowest BCUT2D eigenvalue weighted by Crippen LogP contribution is -2.42. The summed E-state index contributed by atoms with van der Waals surface area (Å²) in [5.41, 5.74) is -0.516. The molecule has 3 atom stereocenters. The summed E-state index contributed by atoms with van der Waals surface area (Å²) in [5.74, 6) is 0.411. The van der Waals surface area contributed by atoms with Gasteiger partial charge in [-0.25, -0.2) is 0 Å². The quantitative estimate of drug-likeness (QED) is 0.690. The highest BCUT2D eigenvalue weighted by Crippen LogP contribution is 2.34. The summed E-state index contributed by atoms with van der Waals surface area (Å²) in [6.45, 7) is 6.80. The van der Waals surface area contributed by atoms with E-state index >= 15 is 0 Å². The van der Waals surface area contributed by atoms with E-state index in [-0.39, 0.29) is 6.10 Å². The Morgan fingerprint density at radius 2 is 2.17 bits per heavy atom. The standard InChI is InChI=1S/C10H20O2/c1-4-12-9-6-5-8(2)10(3,11)7-9/h8-9,11H,4-7H2,1-3H3. The summed E-state index contributed by atoms with van der Waals surface area (Å²) in [5, 5.41) is 9.96. The summed E-state index contributed by atoms with van der Waals surface area (Å²) in [6, 6.07) is 0. The zero-order valence-electron chi connectivity index (χ0n) is 8.34. The second-order valence-electron chi connectivity index (χ2n) is 4.12. The topological polar surface area (TPSA) is 29.5 Å². The lowest BCUT2D eigenvalue weighted by atomic mass is 9.76. The van der Waals surface area contributed by atoms with Gasteiger partial charge in [0.05, 0.1) is 11.7 Å². The third-order valence-corrected chi connectivity index (χ3v) is 3.03. The molecule has 0 bridgehead atoms. The first-order chi connectivity index (χ1) is 5.56. The van der Waals surface area contributed by atoms with Gasteiger partial charge in [-0.3, -0.25) is 0 Å². The number of ether oxygens (including phenoxy) is 1. The molecule has 0 aromatic carbocycles. The third-order valence-electron chi connectivity index (χ3n) is 3.03. The molecule has 12 heavy (non-hydrogen) atoms. The molecule has 0 aromatic heterocycles. The van der Waals surface area contributed by atoms with Gasteiger partial charge in [0, 0.05) is 13.0 Å². The largest absolute Gasteiger partial charge is 0.390 e. The molecule has 0 radical (unpaired) electrons. The van der Waals surface area contributed by atoms with Crippen molar-refractivity contribution in [2.45, 2.75) is 51.7 Å². The molecule has 1 saturated carbocycles. The Morgan fingerprint density at radius 1 is 1.50 bits per heavy atom. The minimum atomic E-state index is -0.516. The smallest absolute Gasteiger partial charge is 0.0669 e. The molecule has 2 heteroatoms. The molecule has 1 aliphatic rings. The van der Waals surface area contributed by atoms with Gasteiger partial charge < -0.3 is 9.84 Å². The molecule has 1 N–H and O–H groups in total. The van der Waals surface area contributed by atoms with E-state index in [4.69, 9.17) is 4.74 Å². The van der Waals surface area contributed by atoms with Crippen molar-refractivity contribution < 1.29 is 9.84 Å². The SMILES string of the molecule is CCOC1CCC(C)C(C)(O)C1. The number of hydrogen-bond acceptors (Lipinski definition) is 2. The first kappa shape index (κ1) is 10.0. The van der Waals surface area contributed by atoms with E-state index in [1.54, 1.807) is 0 Å². The molecule has 3 unspecified atom stereocenters. The first-order valence-electron chi connectivity index (χ1n) is 4.90. The lowest BCUT2D eigenvalue weighted by molar-refractivity contribution is -0.0885. The van der Waals surface area contributed by atoms with Crippen molar-refractivity contribution in [3.8, 4) is 0 Å². The predicted octanol–water partition coefficient (Wildman–Crippen LogP) is 1.96. The molecular formula is C10H20O2.